The average Bonchev–Trinajstić information content (AvgIpc) is 2.82. The normalized spacial score (nSPS) is 16.6. The van der Waals surface area contributed by atoms with Gasteiger partial charge in [-0.25, -0.2) is 13.2 Å². The first-order valence-corrected chi connectivity index (χ1v) is 6.26. The van der Waals surface area contributed by atoms with Crippen LogP contribution in [0.2, 0.25) is 0 Å². The summed E-state index contributed by atoms with van der Waals surface area (Å²) in [6, 6.07) is 8.02. The van der Waals surface area contributed by atoms with Crippen LogP contribution in [-0.4, -0.2) is 12.6 Å². The zero-order valence-corrected chi connectivity index (χ0v) is 10.5. The summed E-state index contributed by atoms with van der Waals surface area (Å²) in [5.41, 5.74) is 1.30. The third kappa shape index (κ3) is 2.57. The van der Waals surface area contributed by atoms with Gasteiger partial charge in [-0.15, -0.1) is 0 Å². The van der Waals surface area contributed by atoms with Crippen molar-refractivity contribution in [3.8, 4) is 5.75 Å². The second-order valence-electron chi connectivity index (χ2n) is 4.71. The molecule has 2 aromatic rings. The first kappa shape index (κ1) is 12.8. The first-order valence-electron chi connectivity index (χ1n) is 6.26. The molecular weight excluding hydrogens is 267 g/mol. The van der Waals surface area contributed by atoms with Gasteiger partial charge in [0.2, 0.25) is 0 Å². The minimum Gasteiger partial charge on any atom is -0.488 e. The molecule has 3 rings (SSSR count). The van der Waals surface area contributed by atoms with Gasteiger partial charge in [-0.05, 0) is 30.3 Å². The van der Waals surface area contributed by atoms with Gasteiger partial charge in [0.25, 0.3) is 0 Å². The number of ether oxygens (including phenoxy) is 1. The number of rotatable bonds is 3. The Hall–Kier alpha value is -2.17. The Bertz CT molecular complexity index is 645. The van der Waals surface area contributed by atoms with Crippen LogP contribution in [0.5, 0.6) is 5.75 Å². The fourth-order valence-electron chi connectivity index (χ4n) is 2.24. The Balaban J connectivity index is 1.62. The smallest absolute Gasteiger partial charge is 0.160 e. The highest BCUT2D eigenvalue weighted by atomic mass is 19.2. The second kappa shape index (κ2) is 5.07. The lowest BCUT2D eigenvalue weighted by Crippen LogP contribution is -2.24. The van der Waals surface area contributed by atoms with Crippen molar-refractivity contribution < 1.29 is 17.9 Å². The van der Waals surface area contributed by atoms with Crippen LogP contribution in [0, 0.1) is 17.5 Å². The van der Waals surface area contributed by atoms with Crippen LogP contribution < -0.4 is 10.1 Å². The van der Waals surface area contributed by atoms with Gasteiger partial charge >= 0.3 is 0 Å². The van der Waals surface area contributed by atoms with Gasteiger partial charge < -0.3 is 10.1 Å². The predicted molar refractivity (Wildman–Crippen MR) is 69.4 cm³/mol. The lowest BCUT2D eigenvalue weighted by molar-refractivity contribution is 0.246. The van der Waals surface area contributed by atoms with Gasteiger partial charge in [-0.2, -0.15) is 0 Å². The molecule has 1 N–H and O–H groups in total. The van der Waals surface area contributed by atoms with E-state index < -0.39 is 11.6 Å². The summed E-state index contributed by atoms with van der Waals surface area (Å²) in [5.74, 6) is -1.40. The molecular formula is C15H12F3NO. The SMILES string of the molecule is Fc1ccc2c(c1)CC(CNc1ccc(F)c(F)c1)O2. The van der Waals surface area contributed by atoms with Crippen molar-refractivity contribution in [2.75, 3.05) is 11.9 Å². The van der Waals surface area contributed by atoms with Gasteiger partial charge in [0, 0.05) is 23.7 Å². The van der Waals surface area contributed by atoms with Crippen LogP contribution >= 0.6 is 0 Å². The fraction of sp³-hybridized carbons (Fsp3) is 0.200. The molecule has 0 aliphatic carbocycles. The number of benzene rings is 2. The van der Waals surface area contributed by atoms with E-state index in [4.69, 9.17) is 4.74 Å². The molecule has 1 aliphatic heterocycles. The molecule has 1 unspecified atom stereocenters. The van der Waals surface area contributed by atoms with Crippen molar-refractivity contribution in [2.24, 2.45) is 0 Å². The molecule has 0 bridgehead atoms. The number of anilines is 1. The molecule has 0 radical (unpaired) electrons. The molecule has 1 aliphatic rings. The Kier molecular flexibility index (Phi) is 3.26. The number of hydrogen-bond acceptors (Lipinski definition) is 2. The van der Waals surface area contributed by atoms with Crippen molar-refractivity contribution in [2.45, 2.75) is 12.5 Å². The highest BCUT2D eigenvalue weighted by Gasteiger charge is 2.23. The Morgan fingerprint density at radius 3 is 2.70 bits per heavy atom. The largest absolute Gasteiger partial charge is 0.488 e. The van der Waals surface area contributed by atoms with Crippen molar-refractivity contribution in [3.05, 3.63) is 59.4 Å². The van der Waals surface area contributed by atoms with Gasteiger partial charge in [0.05, 0.1) is 6.54 Å². The quantitative estimate of drug-likeness (QED) is 0.928. The molecule has 5 heteroatoms. The molecule has 0 fully saturated rings. The predicted octanol–water partition coefficient (Wildman–Crippen LogP) is 3.52. The lowest BCUT2D eigenvalue weighted by atomic mass is 10.1. The van der Waals surface area contributed by atoms with E-state index in [1.807, 2.05) is 0 Å². The molecule has 2 aromatic carbocycles. The molecule has 0 aromatic heterocycles. The molecule has 2 nitrogen and oxygen atoms in total. The van der Waals surface area contributed by atoms with Crippen LogP contribution in [-0.2, 0) is 6.42 Å². The third-order valence-corrected chi connectivity index (χ3v) is 3.22. The van der Waals surface area contributed by atoms with Crippen molar-refractivity contribution >= 4 is 5.69 Å². The maximum atomic E-state index is 13.1. The van der Waals surface area contributed by atoms with E-state index in [9.17, 15) is 13.2 Å². The first-order chi connectivity index (χ1) is 9.61. The van der Waals surface area contributed by atoms with E-state index in [1.54, 1.807) is 6.07 Å². The summed E-state index contributed by atoms with van der Waals surface area (Å²) in [6.07, 6.45) is 0.434. The number of halogens is 3. The summed E-state index contributed by atoms with van der Waals surface area (Å²) in [7, 11) is 0. The summed E-state index contributed by atoms with van der Waals surface area (Å²) in [4.78, 5) is 0. The van der Waals surface area contributed by atoms with Crippen LogP contribution in [0.1, 0.15) is 5.56 Å². The highest BCUT2D eigenvalue weighted by molar-refractivity contribution is 5.44. The Morgan fingerprint density at radius 1 is 1.05 bits per heavy atom. The maximum Gasteiger partial charge on any atom is 0.160 e. The Morgan fingerprint density at radius 2 is 1.90 bits per heavy atom. The average molecular weight is 279 g/mol. The number of fused-ring (bicyclic) bond motifs is 1. The standard InChI is InChI=1S/C15H12F3NO/c16-10-1-4-15-9(5-10)6-12(20-15)8-19-11-2-3-13(17)14(18)7-11/h1-5,7,12,19H,6,8H2. The molecule has 0 saturated carbocycles. The monoisotopic (exact) mass is 279 g/mol. The van der Waals surface area contributed by atoms with Crippen LogP contribution in [0.15, 0.2) is 36.4 Å². The minimum absolute atomic E-state index is 0.153. The van der Waals surface area contributed by atoms with E-state index in [0.717, 1.165) is 17.7 Å². The van der Waals surface area contributed by atoms with Gasteiger partial charge in [0.1, 0.15) is 17.7 Å². The third-order valence-electron chi connectivity index (χ3n) is 3.22. The summed E-state index contributed by atoms with van der Waals surface area (Å²) >= 11 is 0. The van der Waals surface area contributed by atoms with Crippen LogP contribution in [0.4, 0.5) is 18.9 Å². The maximum absolute atomic E-state index is 13.1. The summed E-state index contributed by atoms with van der Waals surface area (Å²) in [5, 5.41) is 2.98. The zero-order valence-electron chi connectivity index (χ0n) is 10.5. The molecule has 0 saturated heterocycles. The van der Waals surface area contributed by atoms with Gasteiger partial charge in [-0.1, -0.05) is 0 Å². The van der Waals surface area contributed by atoms with E-state index in [1.165, 1.54) is 18.2 Å². The van der Waals surface area contributed by atoms with Crippen molar-refractivity contribution in [1.82, 2.24) is 0 Å². The Labute approximate surface area is 114 Å². The van der Waals surface area contributed by atoms with Crippen LogP contribution in [0.3, 0.4) is 0 Å². The number of hydrogen-bond donors (Lipinski definition) is 1. The highest BCUT2D eigenvalue weighted by Crippen LogP contribution is 2.29. The van der Waals surface area contributed by atoms with Gasteiger partial charge in [-0.3, -0.25) is 0 Å². The van der Waals surface area contributed by atoms with E-state index >= 15 is 0 Å². The molecule has 0 amide bonds. The lowest BCUT2D eigenvalue weighted by Gasteiger charge is -2.13. The molecule has 20 heavy (non-hydrogen) atoms. The van der Waals surface area contributed by atoms with Gasteiger partial charge in [0.15, 0.2) is 11.6 Å². The van der Waals surface area contributed by atoms with Crippen LogP contribution in [0.25, 0.3) is 0 Å². The fourth-order valence-corrected chi connectivity index (χ4v) is 2.24. The van der Waals surface area contributed by atoms with E-state index in [-0.39, 0.29) is 11.9 Å². The van der Waals surface area contributed by atoms with Crippen molar-refractivity contribution in [1.29, 1.82) is 0 Å². The van der Waals surface area contributed by atoms with E-state index in [0.29, 0.717) is 24.4 Å². The topological polar surface area (TPSA) is 21.3 Å². The molecule has 0 spiro atoms. The molecule has 104 valence electrons. The summed E-state index contributed by atoms with van der Waals surface area (Å²) < 4.78 is 44.6. The van der Waals surface area contributed by atoms with Crippen molar-refractivity contribution in [3.63, 3.8) is 0 Å². The second-order valence-corrected chi connectivity index (χ2v) is 4.71. The summed E-state index contributed by atoms with van der Waals surface area (Å²) in [6.45, 7) is 0.432. The minimum atomic E-state index is -0.896. The number of nitrogens with one attached hydrogen (secondary N) is 1. The van der Waals surface area contributed by atoms with E-state index in [2.05, 4.69) is 5.32 Å². The molecule has 1 atom stereocenters. The molecule has 1 heterocycles. The zero-order chi connectivity index (χ0) is 14.1.